The number of para-hydroxylation sites is 4. The second-order valence-electron chi connectivity index (χ2n) is 14.0. The Morgan fingerprint density at radius 2 is 1.15 bits per heavy atom. The van der Waals surface area contributed by atoms with E-state index in [4.69, 9.17) is 19.4 Å². The van der Waals surface area contributed by atoms with Gasteiger partial charge < -0.3 is 8.98 Å². The van der Waals surface area contributed by atoms with Gasteiger partial charge in [0.05, 0.1) is 44.2 Å². The van der Waals surface area contributed by atoms with Crippen molar-refractivity contribution in [3.63, 3.8) is 0 Å². The van der Waals surface area contributed by atoms with Crippen molar-refractivity contribution in [3.05, 3.63) is 176 Å². The minimum absolute atomic E-state index is 0.718. The second kappa shape index (κ2) is 11.5. The van der Waals surface area contributed by atoms with E-state index in [9.17, 15) is 0 Å². The number of aromatic nitrogens is 5. The lowest BCUT2D eigenvalue weighted by Gasteiger charge is -2.14. The average Bonchev–Trinajstić information content (AvgIpc) is 3.90. The van der Waals surface area contributed by atoms with Gasteiger partial charge in [-0.2, -0.15) is 0 Å². The lowest BCUT2D eigenvalue weighted by Crippen LogP contribution is -2.04. The van der Waals surface area contributed by atoms with E-state index in [1.54, 1.807) is 0 Å². The Kier molecular flexibility index (Phi) is 6.24. The van der Waals surface area contributed by atoms with Crippen molar-refractivity contribution in [1.82, 2.24) is 24.1 Å². The molecule has 0 spiro atoms. The maximum atomic E-state index is 6.72. The fraction of sp³-hybridized carbons (Fsp3) is 0. The zero-order valence-corrected chi connectivity index (χ0v) is 29.4. The summed E-state index contributed by atoms with van der Waals surface area (Å²) in [6.45, 7) is 0. The lowest BCUT2D eigenvalue weighted by atomic mass is 10.0. The van der Waals surface area contributed by atoms with Crippen LogP contribution < -0.4 is 0 Å². The highest BCUT2D eigenvalue weighted by molar-refractivity contribution is 6.27. The Morgan fingerprint density at radius 1 is 0.436 bits per heavy atom. The van der Waals surface area contributed by atoms with Crippen molar-refractivity contribution in [3.8, 4) is 34.0 Å². The summed E-state index contributed by atoms with van der Waals surface area (Å²) in [5.74, 6) is 0.726. The van der Waals surface area contributed by atoms with Gasteiger partial charge in [0.15, 0.2) is 5.82 Å². The molecule has 0 aliphatic rings. The molecule has 12 aromatic rings. The largest absolute Gasteiger partial charge is 0.455 e. The average molecular weight is 704 g/mol. The monoisotopic (exact) mass is 703 g/mol. The van der Waals surface area contributed by atoms with Gasteiger partial charge in [0.25, 0.3) is 0 Å². The third-order valence-electron chi connectivity index (χ3n) is 11.0. The summed E-state index contributed by atoms with van der Waals surface area (Å²) in [6, 6.07) is 59.3. The highest BCUT2D eigenvalue weighted by Gasteiger charge is 2.24. The molecule has 0 unspecified atom stereocenters. The number of pyridine rings is 1. The maximum Gasteiger partial charge on any atom is 0.166 e. The second-order valence-corrected chi connectivity index (χ2v) is 14.0. The standard InChI is InChI=1S/C49H29N5O/c1-3-13-30(14-4-1)31-22-23-33-36-28-37-44(53(32-15-5-2-6-16-32)41-25-24-35-34-17-7-10-21-45(34)55-48(35)46(37)41)29-43(36)54(42(33)27-31)49-47(40-20-11-12-26-50-40)51-38-18-8-9-19-39(38)52-49/h1-29H. The molecule has 0 N–H and O–H groups in total. The number of benzene rings is 7. The van der Waals surface area contributed by atoms with Crippen LogP contribution in [0.1, 0.15) is 0 Å². The van der Waals surface area contributed by atoms with Crippen LogP contribution in [0, 0.1) is 0 Å². The zero-order chi connectivity index (χ0) is 36.0. The molecule has 12 rings (SSSR count). The van der Waals surface area contributed by atoms with Gasteiger partial charge >= 0.3 is 0 Å². The first-order valence-corrected chi connectivity index (χ1v) is 18.4. The van der Waals surface area contributed by atoms with Crippen molar-refractivity contribution < 1.29 is 4.42 Å². The topological polar surface area (TPSA) is 61.7 Å². The van der Waals surface area contributed by atoms with Gasteiger partial charge in [0, 0.05) is 38.8 Å². The quantitative estimate of drug-likeness (QED) is 0.183. The molecule has 0 saturated carbocycles. The predicted molar refractivity (Wildman–Crippen MR) is 224 cm³/mol. The van der Waals surface area contributed by atoms with Crippen molar-refractivity contribution in [1.29, 1.82) is 0 Å². The van der Waals surface area contributed by atoms with Gasteiger partial charge in [-0.1, -0.05) is 97.1 Å². The molecule has 0 aliphatic heterocycles. The fourth-order valence-electron chi connectivity index (χ4n) is 8.51. The fourth-order valence-corrected chi connectivity index (χ4v) is 8.51. The molecule has 0 amide bonds. The maximum absolute atomic E-state index is 6.72. The lowest BCUT2D eigenvalue weighted by molar-refractivity contribution is 0.673. The number of fused-ring (bicyclic) bond motifs is 11. The SMILES string of the molecule is c1ccc(-c2ccc3c4cc5c6c7oc8ccccc8c7ccc6n(-c6ccccc6)c5cc4n(-c4nc5ccccc5nc4-c4ccccn4)c3c2)cc1. The van der Waals surface area contributed by atoms with E-state index in [1.807, 2.05) is 54.7 Å². The predicted octanol–water partition coefficient (Wildman–Crippen LogP) is 12.5. The highest BCUT2D eigenvalue weighted by Crippen LogP contribution is 2.45. The molecule has 6 heteroatoms. The van der Waals surface area contributed by atoms with Gasteiger partial charge in [-0.15, -0.1) is 0 Å². The molecule has 6 nitrogen and oxygen atoms in total. The summed E-state index contributed by atoms with van der Waals surface area (Å²) in [6.07, 6.45) is 1.82. The molecule has 7 aromatic carbocycles. The highest BCUT2D eigenvalue weighted by atomic mass is 16.3. The summed E-state index contributed by atoms with van der Waals surface area (Å²) in [5.41, 5.74) is 12.5. The summed E-state index contributed by atoms with van der Waals surface area (Å²) >= 11 is 0. The van der Waals surface area contributed by atoms with E-state index in [0.717, 1.165) is 111 Å². The van der Waals surface area contributed by atoms with Crippen LogP contribution in [0.2, 0.25) is 0 Å². The summed E-state index contributed by atoms with van der Waals surface area (Å²) < 4.78 is 11.4. The van der Waals surface area contributed by atoms with Gasteiger partial charge in [-0.25, -0.2) is 9.97 Å². The number of rotatable bonds is 4. The number of hydrogen-bond donors (Lipinski definition) is 0. The van der Waals surface area contributed by atoms with Crippen LogP contribution in [0.4, 0.5) is 0 Å². The molecule has 256 valence electrons. The molecule has 5 heterocycles. The van der Waals surface area contributed by atoms with E-state index in [2.05, 4.69) is 130 Å². The van der Waals surface area contributed by atoms with Gasteiger partial charge in [0.2, 0.25) is 0 Å². The molecular weight excluding hydrogens is 675 g/mol. The first kappa shape index (κ1) is 29.9. The van der Waals surface area contributed by atoms with E-state index in [-0.39, 0.29) is 0 Å². The van der Waals surface area contributed by atoms with Gasteiger partial charge in [-0.3, -0.25) is 9.55 Å². The first-order valence-electron chi connectivity index (χ1n) is 18.4. The third-order valence-corrected chi connectivity index (χ3v) is 11.0. The number of hydrogen-bond acceptors (Lipinski definition) is 4. The van der Waals surface area contributed by atoms with Gasteiger partial charge in [0.1, 0.15) is 16.9 Å². The van der Waals surface area contributed by atoms with E-state index >= 15 is 0 Å². The van der Waals surface area contributed by atoms with Crippen molar-refractivity contribution >= 4 is 76.6 Å². The third kappa shape index (κ3) is 4.39. The van der Waals surface area contributed by atoms with Crippen LogP contribution in [-0.2, 0) is 0 Å². The summed E-state index contributed by atoms with van der Waals surface area (Å²) in [4.78, 5) is 15.5. The summed E-state index contributed by atoms with van der Waals surface area (Å²) in [7, 11) is 0. The van der Waals surface area contributed by atoms with Crippen LogP contribution in [0.25, 0.3) is 111 Å². The number of furan rings is 1. The molecule has 0 bridgehead atoms. The molecule has 0 saturated heterocycles. The van der Waals surface area contributed by atoms with Crippen LogP contribution in [0.5, 0.6) is 0 Å². The Labute approximate surface area is 314 Å². The van der Waals surface area contributed by atoms with Crippen molar-refractivity contribution in [2.24, 2.45) is 0 Å². The summed E-state index contributed by atoms with van der Waals surface area (Å²) in [5, 5.41) is 6.67. The molecule has 5 aromatic heterocycles. The first-order chi connectivity index (χ1) is 27.3. The molecule has 0 radical (unpaired) electrons. The Bertz CT molecular complexity index is 3470. The van der Waals surface area contributed by atoms with E-state index in [0.29, 0.717) is 0 Å². The van der Waals surface area contributed by atoms with Crippen LogP contribution >= 0.6 is 0 Å². The molecule has 0 aliphatic carbocycles. The minimum atomic E-state index is 0.718. The van der Waals surface area contributed by atoms with Crippen LogP contribution in [0.15, 0.2) is 180 Å². The van der Waals surface area contributed by atoms with Crippen LogP contribution in [0.3, 0.4) is 0 Å². The molecule has 55 heavy (non-hydrogen) atoms. The molecular formula is C49H29N5O. The number of nitrogens with zero attached hydrogens (tertiary/aromatic N) is 5. The van der Waals surface area contributed by atoms with Gasteiger partial charge in [-0.05, 0) is 83.9 Å². The minimum Gasteiger partial charge on any atom is -0.455 e. The molecule has 0 atom stereocenters. The van der Waals surface area contributed by atoms with Crippen molar-refractivity contribution in [2.45, 2.75) is 0 Å². The Hall–Kier alpha value is -7.57. The normalized spacial score (nSPS) is 12.0. The zero-order valence-electron chi connectivity index (χ0n) is 29.4. The Balaban J connectivity index is 1.28. The molecule has 0 fully saturated rings. The van der Waals surface area contributed by atoms with Crippen molar-refractivity contribution in [2.75, 3.05) is 0 Å². The van der Waals surface area contributed by atoms with E-state index < -0.39 is 0 Å². The van der Waals surface area contributed by atoms with E-state index in [1.165, 1.54) is 0 Å². The smallest absolute Gasteiger partial charge is 0.166 e. The van der Waals surface area contributed by atoms with Crippen LogP contribution in [-0.4, -0.2) is 24.1 Å². The Morgan fingerprint density at radius 3 is 1.98 bits per heavy atom.